The summed E-state index contributed by atoms with van der Waals surface area (Å²) < 4.78 is 73.9. The zero-order valence-electron chi connectivity index (χ0n) is 14.3. The number of aromatic hydroxyl groups is 2. The summed E-state index contributed by atoms with van der Waals surface area (Å²) in [5.74, 6) is -3.70. The second-order valence-corrected chi connectivity index (χ2v) is 8.10. The van der Waals surface area contributed by atoms with E-state index in [9.17, 15) is 40.9 Å². The van der Waals surface area contributed by atoms with Gasteiger partial charge in [0.25, 0.3) is 20.2 Å². The fraction of sp³-hybridized carbons (Fsp3) is 0.133. The van der Waals surface area contributed by atoms with Gasteiger partial charge in [0.1, 0.15) is 32.8 Å². The number of rotatable bonds is 6. The molecule has 0 aromatic heterocycles. The summed E-state index contributed by atoms with van der Waals surface area (Å²) in [5.41, 5.74) is -1.40. The molecule has 0 saturated carbocycles. The fourth-order valence-corrected chi connectivity index (χ4v) is 3.66. The molecule has 0 aliphatic carbocycles. The first kappa shape index (κ1) is 25.2. The molecule has 11 nitrogen and oxygen atoms in total. The quantitative estimate of drug-likeness (QED) is 0.263. The van der Waals surface area contributed by atoms with Gasteiger partial charge in [-0.1, -0.05) is 0 Å². The fourth-order valence-electron chi connectivity index (χ4n) is 2.33. The van der Waals surface area contributed by atoms with E-state index in [0.29, 0.717) is 12.1 Å². The number of benzene rings is 2. The molecule has 0 amide bonds. The second kappa shape index (κ2) is 8.87. The molecule has 4 N–H and O–H groups in total. The first-order chi connectivity index (χ1) is 12.8. The molecule has 0 heterocycles. The van der Waals surface area contributed by atoms with Crippen molar-refractivity contribution in [2.75, 3.05) is 14.2 Å². The Morgan fingerprint density at radius 3 is 1.31 bits per heavy atom. The van der Waals surface area contributed by atoms with Crippen LogP contribution in [0.25, 0.3) is 0 Å². The van der Waals surface area contributed by atoms with Crippen molar-refractivity contribution in [3.8, 4) is 23.0 Å². The standard InChI is InChI=1S/C15H14O11S2.Na.H/c1-25-11-5-9(16)7(3-13(11)27(19,20)21)15(18)8-4-14(28(22,23)24)12(26-2)6-10(8)17;;/h3-6,16-17H,1-2H3,(H,19,20,21)(H,22,23,24);;. The maximum atomic E-state index is 12.7. The summed E-state index contributed by atoms with van der Waals surface area (Å²) in [6.07, 6.45) is 0. The maximum absolute atomic E-state index is 12.7. The second-order valence-electron chi connectivity index (χ2n) is 5.32. The Labute approximate surface area is 187 Å². The molecule has 0 fully saturated rings. The van der Waals surface area contributed by atoms with Gasteiger partial charge >= 0.3 is 29.6 Å². The monoisotopic (exact) mass is 458 g/mol. The van der Waals surface area contributed by atoms with Crippen LogP contribution in [0.4, 0.5) is 0 Å². The van der Waals surface area contributed by atoms with E-state index in [4.69, 9.17) is 9.47 Å². The molecule has 2 aromatic rings. The van der Waals surface area contributed by atoms with Gasteiger partial charge in [0.2, 0.25) is 5.78 Å². The minimum atomic E-state index is -4.86. The number of carbonyl (C=O) groups excluding carboxylic acids is 1. The predicted molar refractivity (Wildman–Crippen MR) is 99.5 cm³/mol. The van der Waals surface area contributed by atoms with Gasteiger partial charge in [-0.05, 0) is 12.1 Å². The third kappa shape index (κ3) is 5.19. The molecular formula is C15H15NaO11S2. The van der Waals surface area contributed by atoms with Crippen LogP contribution in [0.5, 0.6) is 23.0 Å². The molecule has 29 heavy (non-hydrogen) atoms. The van der Waals surface area contributed by atoms with Crippen LogP contribution in [0, 0.1) is 0 Å². The number of phenols is 2. The first-order valence-corrected chi connectivity index (χ1v) is 10.0. The van der Waals surface area contributed by atoms with Crippen LogP contribution in [0.2, 0.25) is 0 Å². The van der Waals surface area contributed by atoms with Gasteiger partial charge in [0.15, 0.2) is 0 Å². The summed E-state index contributed by atoms with van der Waals surface area (Å²) in [5, 5.41) is 20.0. The topological polar surface area (TPSA) is 185 Å². The van der Waals surface area contributed by atoms with Gasteiger partial charge in [0.05, 0.1) is 25.3 Å². The average molecular weight is 458 g/mol. The van der Waals surface area contributed by atoms with Crippen molar-refractivity contribution in [2.45, 2.75) is 9.79 Å². The Balaban J connectivity index is 0.00000420. The van der Waals surface area contributed by atoms with Gasteiger partial charge in [-0.2, -0.15) is 16.8 Å². The summed E-state index contributed by atoms with van der Waals surface area (Å²) in [6.45, 7) is 0. The number of ketones is 1. The van der Waals surface area contributed by atoms with Crippen LogP contribution in [-0.4, -0.2) is 85.7 Å². The molecule has 0 radical (unpaired) electrons. The molecule has 0 saturated heterocycles. The van der Waals surface area contributed by atoms with Crippen molar-refractivity contribution >= 4 is 55.6 Å². The molecular weight excluding hydrogens is 443 g/mol. The molecule has 0 unspecified atom stereocenters. The number of hydrogen-bond donors (Lipinski definition) is 4. The number of phenolic OH excluding ortho intramolecular Hbond substituents is 2. The molecule has 14 heteroatoms. The van der Waals surface area contributed by atoms with Gasteiger partial charge in [-0.15, -0.1) is 0 Å². The zero-order chi connectivity index (χ0) is 21.4. The van der Waals surface area contributed by atoms with Crippen molar-refractivity contribution in [3.05, 3.63) is 35.4 Å². The predicted octanol–water partition coefficient (Wildman–Crippen LogP) is 0.191. The number of hydrogen-bond acceptors (Lipinski definition) is 9. The van der Waals surface area contributed by atoms with E-state index in [-0.39, 0.29) is 29.6 Å². The minimum absolute atomic E-state index is 0. The molecule has 0 atom stereocenters. The molecule has 2 rings (SSSR count). The number of ether oxygens (including phenoxy) is 2. The van der Waals surface area contributed by atoms with Crippen molar-refractivity contribution in [1.29, 1.82) is 0 Å². The molecule has 2 aromatic carbocycles. The van der Waals surface area contributed by atoms with E-state index in [1.807, 2.05) is 0 Å². The summed E-state index contributed by atoms with van der Waals surface area (Å²) >= 11 is 0. The van der Waals surface area contributed by atoms with Crippen LogP contribution >= 0.6 is 0 Å². The number of carbonyl (C=O) groups is 1. The summed E-state index contributed by atoms with van der Waals surface area (Å²) in [6, 6.07) is 2.65. The molecule has 154 valence electrons. The van der Waals surface area contributed by atoms with Crippen LogP contribution < -0.4 is 9.47 Å². The Bertz CT molecular complexity index is 1080. The van der Waals surface area contributed by atoms with E-state index >= 15 is 0 Å². The van der Waals surface area contributed by atoms with E-state index in [0.717, 1.165) is 26.4 Å². The van der Waals surface area contributed by atoms with Crippen molar-refractivity contribution in [2.24, 2.45) is 0 Å². The molecule has 0 bridgehead atoms. The van der Waals surface area contributed by atoms with E-state index in [1.54, 1.807) is 0 Å². The van der Waals surface area contributed by atoms with E-state index in [2.05, 4.69) is 0 Å². The molecule has 0 spiro atoms. The summed E-state index contributed by atoms with van der Waals surface area (Å²) in [4.78, 5) is 11.0. The van der Waals surface area contributed by atoms with Gasteiger partial charge in [-0.3, -0.25) is 13.9 Å². The SMILES string of the molecule is COc1cc(O)c(C(=O)c2cc(S(=O)(=O)O)c(OC)cc2O)cc1S(=O)(=O)O.[NaH]. The Morgan fingerprint density at radius 1 is 0.759 bits per heavy atom. The Morgan fingerprint density at radius 2 is 1.07 bits per heavy atom. The van der Waals surface area contributed by atoms with Gasteiger partial charge in [0, 0.05) is 12.1 Å². The first-order valence-electron chi connectivity index (χ1n) is 7.13. The van der Waals surface area contributed by atoms with E-state index in [1.165, 1.54) is 0 Å². The van der Waals surface area contributed by atoms with Crippen molar-refractivity contribution < 1.29 is 50.4 Å². The normalized spacial score (nSPS) is 11.4. The Kier molecular flexibility index (Phi) is 7.70. The molecule has 0 aliphatic heterocycles. The van der Waals surface area contributed by atoms with E-state index < -0.39 is 69.9 Å². The van der Waals surface area contributed by atoms with Crippen LogP contribution in [-0.2, 0) is 20.2 Å². The summed E-state index contributed by atoms with van der Waals surface area (Å²) in [7, 11) is -7.61. The van der Waals surface area contributed by atoms with Crippen LogP contribution in [0.1, 0.15) is 15.9 Å². The van der Waals surface area contributed by atoms with Crippen LogP contribution in [0.15, 0.2) is 34.1 Å². The Hall–Kier alpha value is -1.87. The van der Waals surface area contributed by atoms with Crippen molar-refractivity contribution in [1.82, 2.24) is 0 Å². The average Bonchev–Trinajstić information content (AvgIpc) is 2.58. The van der Waals surface area contributed by atoms with Gasteiger partial charge < -0.3 is 19.7 Å². The zero-order valence-corrected chi connectivity index (χ0v) is 15.9. The third-order valence-electron chi connectivity index (χ3n) is 3.61. The molecule has 0 aliphatic rings. The number of methoxy groups -OCH3 is 2. The van der Waals surface area contributed by atoms with Crippen LogP contribution in [0.3, 0.4) is 0 Å². The van der Waals surface area contributed by atoms with Gasteiger partial charge in [-0.25, -0.2) is 0 Å². The third-order valence-corrected chi connectivity index (χ3v) is 5.36. The van der Waals surface area contributed by atoms with Crippen molar-refractivity contribution in [3.63, 3.8) is 0 Å².